The molecule has 2 aromatic rings. The van der Waals surface area contributed by atoms with Gasteiger partial charge in [0, 0.05) is 13.1 Å². The molecular weight excluding hydrogens is 459 g/mol. The average molecular weight is 478 g/mol. The summed E-state index contributed by atoms with van der Waals surface area (Å²) < 4.78 is 32.4. The van der Waals surface area contributed by atoms with Gasteiger partial charge < -0.3 is 10.1 Å². The van der Waals surface area contributed by atoms with Crippen LogP contribution < -0.4 is 10.1 Å². The van der Waals surface area contributed by atoms with Crippen molar-refractivity contribution in [1.29, 1.82) is 0 Å². The average Bonchev–Trinajstić information content (AvgIpc) is 2.70. The number of para-hydroxylation sites is 1. The number of piperidine rings is 1. The van der Waals surface area contributed by atoms with Crippen molar-refractivity contribution in [1.82, 2.24) is 4.31 Å². The highest BCUT2D eigenvalue weighted by atomic mass is 35.5. The monoisotopic (exact) mass is 476 g/mol. The van der Waals surface area contributed by atoms with E-state index in [1.54, 1.807) is 18.2 Å². The predicted molar refractivity (Wildman–Crippen MR) is 115 cm³/mol. The Morgan fingerprint density at radius 3 is 2.45 bits per heavy atom. The number of halogens is 3. The fourth-order valence-electron chi connectivity index (χ4n) is 3.17. The molecule has 0 bridgehead atoms. The summed E-state index contributed by atoms with van der Waals surface area (Å²) in [6, 6.07) is 9.20. The molecule has 10 heteroatoms. The summed E-state index contributed by atoms with van der Waals surface area (Å²) in [4.78, 5) is 12.8. The third-order valence-corrected chi connectivity index (χ3v) is 7.51. The van der Waals surface area contributed by atoms with Crippen LogP contribution in [-0.2, 0) is 14.8 Å². The Kier molecular flexibility index (Phi) is 6.96. The van der Waals surface area contributed by atoms with E-state index in [-0.39, 0.29) is 22.4 Å². The number of hydrogen-bond acceptors (Lipinski definition) is 4. The molecule has 6 nitrogen and oxygen atoms in total. The largest absolute Gasteiger partial charge is 0.495 e. The highest BCUT2D eigenvalue weighted by Crippen LogP contribution is 2.32. The molecule has 1 aliphatic heterocycles. The van der Waals surface area contributed by atoms with Crippen molar-refractivity contribution in [2.24, 2.45) is 5.92 Å². The van der Waals surface area contributed by atoms with E-state index in [0.29, 0.717) is 40.9 Å². The molecule has 1 aliphatic rings. The lowest BCUT2D eigenvalue weighted by Crippen LogP contribution is -2.43. The van der Waals surface area contributed by atoms with Gasteiger partial charge in [-0.1, -0.05) is 40.9 Å². The van der Waals surface area contributed by atoms with Crippen molar-refractivity contribution in [2.75, 3.05) is 25.5 Å². The minimum Gasteiger partial charge on any atom is -0.495 e. The van der Waals surface area contributed by atoms with E-state index < -0.39 is 15.9 Å². The number of carbonyl (C=O) groups excluding carboxylic acids is 1. The standard InChI is InChI=1S/C19H19Cl3N2O4S/c1-28-17-8-7-13(10-16(17)22)29(26,27)24-9-3-4-12(11-24)19(25)23-18-14(20)5-2-6-15(18)21/h2,5-8,10,12H,3-4,9,11H2,1H3,(H,23,25)/t12-/m1/s1. The minimum atomic E-state index is -3.80. The van der Waals surface area contributed by atoms with Gasteiger partial charge in [-0.25, -0.2) is 8.42 Å². The fourth-order valence-corrected chi connectivity index (χ4v) is 5.54. The van der Waals surface area contributed by atoms with Crippen molar-refractivity contribution in [2.45, 2.75) is 17.7 Å². The zero-order valence-electron chi connectivity index (χ0n) is 15.5. The van der Waals surface area contributed by atoms with E-state index in [0.717, 1.165) is 0 Å². The Labute approximate surface area is 184 Å². The van der Waals surface area contributed by atoms with Crippen molar-refractivity contribution >= 4 is 56.4 Å². The number of hydrogen-bond donors (Lipinski definition) is 1. The Hall–Kier alpha value is -1.51. The Morgan fingerprint density at radius 1 is 1.14 bits per heavy atom. The van der Waals surface area contributed by atoms with E-state index >= 15 is 0 Å². The molecule has 156 valence electrons. The summed E-state index contributed by atoms with van der Waals surface area (Å²) in [7, 11) is -2.35. The second kappa shape index (κ2) is 9.10. The number of anilines is 1. The van der Waals surface area contributed by atoms with Gasteiger partial charge in [-0.05, 0) is 43.2 Å². The van der Waals surface area contributed by atoms with Gasteiger partial charge in [0.2, 0.25) is 15.9 Å². The zero-order chi connectivity index (χ0) is 21.2. The van der Waals surface area contributed by atoms with E-state index in [2.05, 4.69) is 5.32 Å². The maximum Gasteiger partial charge on any atom is 0.243 e. The molecule has 2 aromatic carbocycles. The second-order valence-electron chi connectivity index (χ2n) is 6.58. The summed E-state index contributed by atoms with van der Waals surface area (Å²) in [6.07, 6.45) is 1.11. The summed E-state index contributed by atoms with van der Waals surface area (Å²) >= 11 is 18.3. The van der Waals surface area contributed by atoms with Crippen LogP contribution in [0.15, 0.2) is 41.3 Å². The lowest BCUT2D eigenvalue weighted by Gasteiger charge is -2.31. The van der Waals surface area contributed by atoms with Gasteiger partial charge in [0.25, 0.3) is 0 Å². The van der Waals surface area contributed by atoms with Crippen LogP contribution in [0.1, 0.15) is 12.8 Å². The number of nitrogens with one attached hydrogen (secondary N) is 1. The molecule has 0 aliphatic carbocycles. The van der Waals surface area contributed by atoms with E-state index in [1.165, 1.54) is 29.6 Å². The number of benzene rings is 2. The first-order valence-corrected chi connectivity index (χ1v) is 11.4. The van der Waals surface area contributed by atoms with Crippen LogP contribution in [0.3, 0.4) is 0 Å². The topological polar surface area (TPSA) is 75.7 Å². The van der Waals surface area contributed by atoms with Crippen LogP contribution in [-0.4, -0.2) is 38.8 Å². The second-order valence-corrected chi connectivity index (χ2v) is 9.74. The van der Waals surface area contributed by atoms with Gasteiger partial charge >= 0.3 is 0 Å². The molecule has 0 spiro atoms. The van der Waals surface area contributed by atoms with Gasteiger partial charge in [-0.2, -0.15) is 4.31 Å². The molecule has 1 N–H and O–H groups in total. The Morgan fingerprint density at radius 2 is 1.83 bits per heavy atom. The molecule has 1 fully saturated rings. The molecule has 1 amide bonds. The molecule has 1 heterocycles. The molecule has 3 rings (SSSR count). The molecule has 0 radical (unpaired) electrons. The van der Waals surface area contributed by atoms with Crippen molar-refractivity contribution in [3.63, 3.8) is 0 Å². The normalized spacial score (nSPS) is 17.7. The smallest absolute Gasteiger partial charge is 0.243 e. The third kappa shape index (κ3) is 4.81. The Bertz CT molecular complexity index is 1010. The number of methoxy groups -OCH3 is 1. The number of nitrogens with zero attached hydrogens (tertiary/aromatic N) is 1. The summed E-state index contributed by atoms with van der Waals surface area (Å²) in [5, 5.41) is 3.56. The van der Waals surface area contributed by atoms with E-state index in [9.17, 15) is 13.2 Å². The van der Waals surface area contributed by atoms with Crippen LogP contribution in [0.4, 0.5) is 5.69 Å². The van der Waals surface area contributed by atoms with Crippen LogP contribution in [0, 0.1) is 5.92 Å². The predicted octanol–water partition coefficient (Wildman–Crippen LogP) is 4.69. The van der Waals surface area contributed by atoms with Crippen LogP contribution in [0.25, 0.3) is 0 Å². The third-order valence-electron chi connectivity index (χ3n) is 4.73. The summed E-state index contributed by atoms with van der Waals surface area (Å²) in [6.45, 7) is 0.377. The van der Waals surface area contributed by atoms with Gasteiger partial charge in [0.1, 0.15) is 5.75 Å². The van der Waals surface area contributed by atoms with Crippen LogP contribution in [0.2, 0.25) is 15.1 Å². The van der Waals surface area contributed by atoms with Gasteiger partial charge in [-0.3, -0.25) is 4.79 Å². The number of amides is 1. The lowest BCUT2D eigenvalue weighted by atomic mass is 9.98. The highest BCUT2D eigenvalue weighted by Gasteiger charge is 2.34. The van der Waals surface area contributed by atoms with Crippen molar-refractivity contribution < 1.29 is 17.9 Å². The molecular formula is C19H19Cl3N2O4S. The lowest BCUT2D eigenvalue weighted by molar-refractivity contribution is -0.120. The van der Waals surface area contributed by atoms with E-state index in [1.807, 2.05) is 0 Å². The molecule has 0 unspecified atom stereocenters. The molecule has 29 heavy (non-hydrogen) atoms. The summed E-state index contributed by atoms with van der Waals surface area (Å²) in [5.41, 5.74) is 0.322. The van der Waals surface area contributed by atoms with Crippen LogP contribution >= 0.6 is 34.8 Å². The van der Waals surface area contributed by atoms with Crippen molar-refractivity contribution in [3.8, 4) is 5.75 Å². The van der Waals surface area contributed by atoms with Crippen LogP contribution in [0.5, 0.6) is 5.75 Å². The minimum absolute atomic E-state index is 0.0542. The number of sulfonamides is 1. The maximum absolute atomic E-state index is 13.0. The highest BCUT2D eigenvalue weighted by molar-refractivity contribution is 7.89. The first-order chi connectivity index (χ1) is 13.7. The first-order valence-electron chi connectivity index (χ1n) is 8.82. The zero-order valence-corrected chi connectivity index (χ0v) is 18.6. The SMILES string of the molecule is COc1ccc(S(=O)(=O)N2CCC[C@@H](C(=O)Nc3c(Cl)cccc3Cl)C2)cc1Cl. The number of ether oxygens (including phenoxy) is 1. The molecule has 1 saturated heterocycles. The van der Waals surface area contributed by atoms with Gasteiger partial charge in [0.15, 0.2) is 0 Å². The maximum atomic E-state index is 13.0. The molecule has 1 atom stereocenters. The molecule has 0 saturated carbocycles. The fraction of sp³-hybridized carbons (Fsp3) is 0.316. The number of carbonyl (C=O) groups is 1. The molecule has 0 aromatic heterocycles. The van der Waals surface area contributed by atoms with Crippen molar-refractivity contribution in [3.05, 3.63) is 51.5 Å². The van der Waals surface area contributed by atoms with E-state index in [4.69, 9.17) is 39.5 Å². The first kappa shape index (κ1) is 22.2. The summed E-state index contributed by atoms with van der Waals surface area (Å²) in [5.74, 6) is -0.467. The number of rotatable bonds is 5. The Balaban J connectivity index is 1.77. The van der Waals surface area contributed by atoms with Gasteiger partial charge in [0.05, 0.1) is 38.7 Å². The van der Waals surface area contributed by atoms with Gasteiger partial charge in [-0.15, -0.1) is 0 Å². The quantitative estimate of drug-likeness (QED) is 0.677.